The molecule has 1 heterocycles. The lowest BCUT2D eigenvalue weighted by molar-refractivity contribution is 0.0502. The maximum absolute atomic E-state index is 13.1. The molecule has 1 unspecified atom stereocenters. The summed E-state index contributed by atoms with van der Waals surface area (Å²) >= 11 is 0. The fourth-order valence-corrected chi connectivity index (χ4v) is 3.09. The molecule has 0 aliphatic heterocycles. The van der Waals surface area contributed by atoms with Crippen LogP contribution < -0.4 is 10.6 Å². The molecule has 2 aromatic rings. The molecule has 1 aliphatic carbocycles. The van der Waals surface area contributed by atoms with Crippen molar-refractivity contribution in [2.45, 2.75) is 51.7 Å². The average Bonchev–Trinajstić information content (AvgIpc) is 3.37. The summed E-state index contributed by atoms with van der Waals surface area (Å²) in [5, 5.41) is 10.1. The zero-order valence-electron chi connectivity index (χ0n) is 17.2. The Bertz CT molecular complexity index is 884. The molecule has 0 bridgehead atoms. The van der Waals surface area contributed by atoms with E-state index in [0.717, 1.165) is 12.8 Å². The molecule has 156 valence electrons. The fourth-order valence-electron chi connectivity index (χ4n) is 3.09. The molecule has 2 amide bonds. The summed E-state index contributed by atoms with van der Waals surface area (Å²) in [6, 6.07) is 7.45. The predicted molar refractivity (Wildman–Crippen MR) is 106 cm³/mol. The van der Waals surface area contributed by atoms with Crippen LogP contribution in [0.4, 0.5) is 9.18 Å². The summed E-state index contributed by atoms with van der Waals surface area (Å²) in [5.74, 6) is -0.386. The van der Waals surface area contributed by atoms with Crippen LogP contribution in [0.3, 0.4) is 0 Å². The number of amides is 2. The number of alkyl carbamates (subject to hydrolysis) is 1. The summed E-state index contributed by atoms with van der Waals surface area (Å²) < 4.78 is 19.9. The highest BCUT2D eigenvalue weighted by molar-refractivity contribution is 5.92. The lowest BCUT2D eigenvalue weighted by Crippen LogP contribution is -2.55. The zero-order chi connectivity index (χ0) is 21.2. The first kappa shape index (κ1) is 20.8. The van der Waals surface area contributed by atoms with Crippen LogP contribution in [0, 0.1) is 11.7 Å². The first-order chi connectivity index (χ1) is 13.6. The number of rotatable bonds is 6. The van der Waals surface area contributed by atoms with E-state index in [-0.39, 0.29) is 29.9 Å². The Morgan fingerprint density at radius 2 is 1.83 bits per heavy atom. The van der Waals surface area contributed by atoms with Crippen LogP contribution in [0.1, 0.15) is 51.0 Å². The zero-order valence-corrected chi connectivity index (χ0v) is 17.2. The topological polar surface area (TPSA) is 85.3 Å². The largest absolute Gasteiger partial charge is 0.444 e. The summed E-state index contributed by atoms with van der Waals surface area (Å²) in [7, 11) is 0. The molecule has 1 aliphatic rings. The molecule has 1 saturated carbocycles. The smallest absolute Gasteiger partial charge is 0.407 e. The van der Waals surface area contributed by atoms with Crippen LogP contribution >= 0.6 is 0 Å². The van der Waals surface area contributed by atoms with Gasteiger partial charge < -0.3 is 15.4 Å². The molecule has 1 aromatic heterocycles. The monoisotopic (exact) mass is 402 g/mol. The van der Waals surface area contributed by atoms with Gasteiger partial charge in [-0.3, -0.25) is 4.79 Å². The first-order valence-corrected chi connectivity index (χ1v) is 9.67. The van der Waals surface area contributed by atoms with Crippen molar-refractivity contribution in [2.75, 3.05) is 6.54 Å². The second kappa shape index (κ2) is 7.85. The SMILES string of the molecule is CC(C)(C)OC(=O)NCC(C)(NC(=O)c1ccn(-c2ccc(F)cc2)n1)C1CC1. The Balaban J connectivity index is 1.65. The van der Waals surface area contributed by atoms with Gasteiger partial charge in [0.1, 0.15) is 11.4 Å². The molecule has 1 fully saturated rings. The number of ether oxygens (including phenoxy) is 1. The lowest BCUT2D eigenvalue weighted by atomic mass is 9.95. The number of nitrogens with zero attached hydrogens (tertiary/aromatic N) is 2. The van der Waals surface area contributed by atoms with Gasteiger partial charge in [-0.2, -0.15) is 5.10 Å². The van der Waals surface area contributed by atoms with Gasteiger partial charge in [0.15, 0.2) is 5.69 Å². The molecule has 7 nitrogen and oxygen atoms in total. The van der Waals surface area contributed by atoms with Crippen LogP contribution in [0.5, 0.6) is 0 Å². The number of nitrogens with one attached hydrogen (secondary N) is 2. The van der Waals surface area contributed by atoms with Gasteiger partial charge >= 0.3 is 6.09 Å². The van der Waals surface area contributed by atoms with Gasteiger partial charge in [0.05, 0.1) is 11.2 Å². The highest BCUT2D eigenvalue weighted by Gasteiger charge is 2.43. The Labute approximate surface area is 169 Å². The van der Waals surface area contributed by atoms with Crippen molar-refractivity contribution in [1.29, 1.82) is 0 Å². The second-order valence-corrected chi connectivity index (χ2v) is 8.62. The standard InChI is InChI=1S/C21H27FN4O3/c1-20(2,3)29-19(28)23-13-21(4,14-5-6-14)24-18(27)17-11-12-26(25-17)16-9-7-15(22)8-10-16/h7-12,14H,5-6,13H2,1-4H3,(H,23,28)(H,24,27). The molecular weight excluding hydrogens is 375 g/mol. The van der Waals surface area contributed by atoms with Gasteiger partial charge in [-0.1, -0.05) is 0 Å². The minimum Gasteiger partial charge on any atom is -0.444 e. The lowest BCUT2D eigenvalue weighted by Gasteiger charge is -2.31. The summed E-state index contributed by atoms with van der Waals surface area (Å²) in [6.07, 6.45) is 3.10. The molecule has 3 rings (SSSR count). The molecule has 1 aromatic carbocycles. The Morgan fingerprint density at radius 3 is 2.41 bits per heavy atom. The molecule has 29 heavy (non-hydrogen) atoms. The molecule has 8 heteroatoms. The minimum atomic E-state index is -0.604. The summed E-state index contributed by atoms with van der Waals surface area (Å²) in [6.45, 7) is 7.57. The van der Waals surface area contributed by atoms with Crippen LogP contribution in [-0.4, -0.2) is 39.5 Å². The third kappa shape index (κ3) is 5.56. The van der Waals surface area contributed by atoms with E-state index in [1.807, 2.05) is 6.92 Å². The van der Waals surface area contributed by atoms with Crippen molar-refractivity contribution in [3.05, 3.63) is 48.0 Å². The Kier molecular flexibility index (Phi) is 5.64. The Morgan fingerprint density at radius 1 is 1.17 bits per heavy atom. The van der Waals surface area contributed by atoms with E-state index < -0.39 is 17.2 Å². The normalized spacial score (nSPS) is 16.0. The van der Waals surface area contributed by atoms with Crippen LogP contribution in [-0.2, 0) is 4.74 Å². The molecular formula is C21H27FN4O3. The highest BCUT2D eigenvalue weighted by atomic mass is 19.1. The van der Waals surface area contributed by atoms with E-state index in [1.165, 1.54) is 16.8 Å². The van der Waals surface area contributed by atoms with Gasteiger partial charge in [-0.25, -0.2) is 13.9 Å². The number of aromatic nitrogens is 2. The van der Waals surface area contributed by atoms with E-state index >= 15 is 0 Å². The van der Waals surface area contributed by atoms with Gasteiger partial charge in [0.25, 0.3) is 5.91 Å². The summed E-state index contributed by atoms with van der Waals surface area (Å²) in [4.78, 5) is 24.8. The number of hydrogen-bond donors (Lipinski definition) is 2. The van der Waals surface area contributed by atoms with Crippen molar-refractivity contribution >= 4 is 12.0 Å². The average molecular weight is 402 g/mol. The maximum atomic E-state index is 13.1. The van der Waals surface area contributed by atoms with E-state index in [9.17, 15) is 14.0 Å². The molecule has 2 N–H and O–H groups in total. The molecule has 0 saturated heterocycles. The van der Waals surface area contributed by atoms with Crippen molar-refractivity contribution in [3.63, 3.8) is 0 Å². The quantitative estimate of drug-likeness (QED) is 0.775. The number of hydrogen-bond acceptors (Lipinski definition) is 4. The highest BCUT2D eigenvalue weighted by Crippen LogP contribution is 2.39. The second-order valence-electron chi connectivity index (χ2n) is 8.62. The number of carbonyl (C=O) groups is 2. The number of halogens is 1. The predicted octanol–water partition coefficient (Wildman–Crippen LogP) is 3.43. The van der Waals surface area contributed by atoms with Crippen LogP contribution in [0.2, 0.25) is 0 Å². The Hall–Kier alpha value is -2.90. The van der Waals surface area contributed by atoms with Gasteiger partial charge in [0, 0.05) is 12.7 Å². The third-order valence-electron chi connectivity index (χ3n) is 4.79. The molecule has 0 spiro atoms. The van der Waals surface area contributed by atoms with E-state index in [2.05, 4.69) is 15.7 Å². The van der Waals surface area contributed by atoms with Crippen molar-refractivity contribution in [2.24, 2.45) is 5.92 Å². The number of carbonyl (C=O) groups excluding carboxylic acids is 2. The van der Waals surface area contributed by atoms with Crippen LogP contribution in [0.15, 0.2) is 36.5 Å². The van der Waals surface area contributed by atoms with Crippen molar-refractivity contribution < 1.29 is 18.7 Å². The van der Waals surface area contributed by atoms with E-state index in [0.29, 0.717) is 5.69 Å². The van der Waals surface area contributed by atoms with E-state index in [4.69, 9.17) is 4.74 Å². The minimum absolute atomic E-state index is 0.249. The maximum Gasteiger partial charge on any atom is 0.407 e. The third-order valence-corrected chi connectivity index (χ3v) is 4.79. The molecule has 0 radical (unpaired) electrons. The fraction of sp³-hybridized carbons (Fsp3) is 0.476. The van der Waals surface area contributed by atoms with Crippen LogP contribution in [0.25, 0.3) is 5.69 Å². The van der Waals surface area contributed by atoms with Gasteiger partial charge in [0.2, 0.25) is 0 Å². The van der Waals surface area contributed by atoms with Gasteiger partial charge in [-0.15, -0.1) is 0 Å². The van der Waals surface area contributed by atoms with Crippen molar-refractivity contribution in [1.82, 2.24) is 20.4 Å². The molecule has 1 atom stereocenters. The van der Waals surface area contributed by atoms with Gasteiger partial charge in [-0.05, 0) is 76.8 Å². The van der Waals surface area contributed by atoms with Crippen molar-refractivity contribution in [3.8, 4) is 5.69 Å². The summed E-state index contributed by atoms with van der Waals surface area (Å²) in [5.41, 5.74) is -0.287. The van der Waals surface area contributed by atoms with E-state index in [1.54, 1.807) is 45.2 Å². The number of benzene rings is 1. The first-order valence-electron chi connectivity index (χ1n) is 9.67.